The van der Waals surface area contributed by atoms with E-state index >= 15 is 0 Å². The summed E-state index contributed by atoms with van der Waals surface area (Å²) < 4.78 is 53.2. The second kappa shape index (κ2) is 10.4. The highest BCUT2D eigenvalue weighted by Crippen LogP contribution is 2.48. The molecule has 0 amide bonds. The molecule has 0 fully saturated rings. The first-order valence-corrected chi connectivity index (χ1v) is 10.4. The minimum absolute atomic E-state index is 0.298. The lowest BCUT2D eigenvalue weighted by Crippen LogP contribution is -2.14. The Balaban J connectivity index is 4.31. The molecule has 0 bridgehead atoms. The van der Waals surface area contributed by atoms with Crippen LogP contribution in [0.1, 0.15) is 40.0 Å². The molecule has 0 spiro atoms. The fourth-order valence-corrected chi connectivity index (χ4v) is 4.40. The Labute approximate surface area is 127 Å². The molecule has 6 nitrogen and oxygen atoms in total. The Bertz CT molecular complexity index is 481. The van der Waals surface area contributed by atoms with Gasteiger partial charge in [-0.3, -0.25) is 9.12 Å². The average molecular weight is 340 g/mol. The van der Waals surface area contributed by atoms with E-state index in [1.54, 1.807) is 20.8 Å². The Kier molecular flexibility index (Phi) is 10.2. The molecule has 0 aromatic carbocycles. The van der Waals surface area contributed by atoms with Gasteiger partial charge in [-0.2, -0.15) is 8.42 Å². The molecule has 0 aliphatic heterocycles. The number of rotatable bonds is 11. The molecule has 0 aliphatic rings. The van der Waals surface area contributed by atoms with Gasteiger partial charge in [-0.05, 0) is 33.6 Å². The molecule has 0 saturated carbocycles. The van der Waals surface area contributed by atoms with Crippen LogP contribution in [-0.2, 0) is 23.7 Å². The minimum atomic E-state index is -4.03. The molecule has 0 aromatic rings. The Morgan fingerprint density at radius 2 is 1.76 bits per heavy atom. The maximum absolute atomic E-state index is 12.2. The van der Waals surface area contributed by atoms with Crippen LogP contribution < -0.4 is 0 Å². The highest BCUT2D eigenvalue weighted by Gasteiger charge is 2.23. The van der Waals surface area contributed by atoms with E-state index < -0.39 is 23.6 Å². The van der Waals surface area contributed by atoms with Crippen molar-refractivity contribution in [1.29, 1.82) is 0 Å². The van der Waals surface area contributed by atoms with Crippen molar-refractivity contribution in [1.82, 2.24) is 0 Å². The van der Waals surface area contributed by atoms with Gasteiger partial charge in [0.05, 0.1) is 25.1 Å². The van der Waals surface area contributed by atoms with Crippen molar-refractivity contribution in [2.45, 2.75) is 40.0 Å². The summed E-state index contributed by atoms with van der Waals surface area (Å²) >= 11 is 0. The second-order valence-electron chi connectivity index (χ2n) is 4.51. The Morgan fingerprint density at radius 3 is 2.19 bits per heavy atom. The molecule has 124 valence electrons. The topological polar surface area (TPSA) is 89.9 Å². The molecule has 8 heteroatoms. The lowest BCUT2D eigenvalue weighted by atomic mass is 10.1. The van der Waals surface area contributed by atoms with Gasteiger partial charge in [0.1, 0.15) is 0 Å². The third-order valence-electron chi connectivity index (χ3n) is 2.65. The lowest BCUT2D eigenvalue weighted by molar-refractivity contribution is 0.219. The normalized spacial score (nSPS) is 13.5. The van der Waals surface area contributed by atoms with Gasteiger partial charge in [0.25, 0.3) is 10.1 Å². The molecular formula is C13H25O6PS. The van der Waals surface area contributed by atoms with E-state index in [-0.39, 0.29) is 5.75 Å². The Hall–Kier alpha value is -0.380. The largest absolute Gasteiger partial charge is 0.330 e. The summed E-state index contributed by atoms with van der Waals surface area (Å²) in [5, 5.41) is 0. The smallest absolute Gasteiger partial charge is 0.309 e. The molecule has 1 unspecified atom stereocenters. The first-order valence-electron chi connectivity index (χ1n) is 7.02. The maximum Gasteiger partial charge on any atom is 0.330 e. The number of unbranched alkanes of at least 4 members (excludes halogenated alkanes) is 1. The Morgan fingerprint density at radius 1 is 1.19 bits per heavy atom. The van der Waals surface area contributed by atoms with Gasteiger partial charge in [-0.1, -0.05) is 12.3 Å². The van der Waals surface area contributed by atoms with Crippen molar-refractivity contribution in [3.05, 3.63) is 0 Å². The van der Waals surface area contributed by atoms with Crippen LogP contribution in [0, 0.1) is 17.8 Å². The first kappa shape index (κ1) is 20.6. The summed E-state index contributed by atoms with van der Waals surface area (Å²) in [7, 11) is -7.07. The van der Waals surface area contributed by atoms with E-state index in [9.17, 15) is 13.0 Å². The maximum atomic E-state index is 12.2. The van der Waals surface area contributed by atoms with Crippen molar-refractivity contribution in [3.8, 4) is 11.8 Å². The zero-order valence-electron chi connectivity index (χ0n) is 12.9. The third kappa shape index (κ3) is 10.9. The number of hydrogen-bond acceptors (Lipinski definition) is 5. The fraction of sp³-hybridized carbons (Fsp3) is 0.846. The minimum Gasteiger partial charge on any atom is -0.309 e. The quantitative estimate of drug-likeness (QED) is 0.269. The molecule has 0 aromatic heterocycles. The summed E-state index contributed by atoms with van der Waals surface area (Å²) in [6.07, 6.45) is 2.04. The molecule has 0 rings (SSSR count). The van der Waals surface area contributed by atoms with E-state index in [2.05, 4.69) is 11.8 Å². The van der Waals surface area contributed by atoms with E-state index in [1.807, 2.05) is 0 Å². The van der Waals surface area contributed by atoms with Crippen molar-refractivity contribution >= 4 is 17.7 Å². The zero-order chi connectivity index (χ0) is 16.4. The zero-order valence-corrected chi connectivity index (χ0v) is 14.6. The van der Waals surface area contributed by atoms with Crippen molar-refractivity contribution < 1.29 is 26.6 Å². The van der Waals surface area contributed by atoms with Gasteiger partial charge >= 0.3 is 7.60 Å². The molecular weight excluding hydrogens is 315 g/mol. The molecule has 0 saturated heterocycles. The fourth-order valence-electron chi connectivity index (χ4n) is 1.91. The highest BCUT2D eigenvalue weighted by atomic mass is 32.2. The van der Waals surface area contributed by atoms with Crippen LogP contribution >= 0.6 is 7.60 Å². The van der Waals surface area contributed by atoms with Crippen LogP contribution in [0.25, 0.3) is 0 Å². The van der Waals surface area contributed by atoms with Gasteiger partial charge in [0.15, 0.2) is 0 Å². The molecule has 0 aliphatic carbocycles. The summed E-state index contributed by atoms with van der Waals surface area (Å²) in [5.41, 5.74) is 0. The van der Waals surface area contributed by atoms with E-state index in [0.29, 0.717) is 38.6 Å². The average Bonchev–Trinajstić information content (AvgIpc) is 2.33. The lowest BCUT2D eigenvalue weighted by Gasteiger charge is -2.17. The van der Waals surface area contributed by atoms with Gasteiger partial charge < -0.3 is 9.05 Å². The molecule has 1 N–H and O–H groups in total. The summed E-state index contributed by atoms with van der Waals surface area (Å²) in [6.45, 7) is 5.78. The molecule has 21 heavy (non-hydrogen) atoms. The van der Waals surface area contributed by atoms with Crippen LogP contribution in [-0.4, -0.2) is 38.1 Å². The molecule has 0 heterocycles. The number of hydrogen-bond donors (Lipinski definition) is 1. The van der Waals surface area contributed by atoms with Gasteiger partial charge in [-0.15, -0.1) is 5.92 Å². The third-order valence-corrected chi connectivity index (χ3v) is 5.64. The van der Waals surface area contributed by atoms with Crippen LogP contribution in [0.3, 0.4) is 0 Å². The van der Waals surface area contributed by atoms with Gasteiger partial charge in [0.2, 0.25) is 0 Å². The highest BCUT2D eigenvalue weighted by molar-refractivity contribution is 7.85. The van der Waals surface area contributed by atoms with E-state index in [0.717, 1.165) is 0 Å². The molecule has 0 radical (unpaired) electrons. The van der Waals surface area contributed by atoms with Crippen LogP contribution in [0.15, 0.2) is 0 Å². The van der Waals surface area contributed by atoms with Crippen molar-refractivity contribution in [2.24, 2.45) is 5.92 Å². The van der Waals surface area contributed by atoms with E-state index in [4.69, 9.17) is 13.6 Å². The summed E-state index contributed by atoms with van der Waals surface area (Å²) in [5.74, 6) is 4.64. The van der Waals surface area contributed by atoms with Crippen molar-refractivity contribution in [3.63, 3.8) is 0 Å². The predicted octanol–water partition coefficient (Wildman–Crippen LogP) is 2.95. The van der Waals surface area contributed by atoms with Crippen LogP contribution in [0.5, 0.6) is 0 Å². The van der Waals surface area contributed by atoms with Crippen molar-refractivity contribution in [2.75, 3.05) is 25.1 Å². The standard InChI is InChI=1S/C13H25O6PS/c1-4-9-13(12-21(15,16)17)10-7-8-11-20(14,18-5-2)19-6-3/h13H,5-8,10-12H2,1-3H3,(H,15,16,17). The van der Waals surface area contributed by atoms with Crippen LogP contribution in [0.4, 0.5) is 0 Å². The van der Waals surface area contributed by atoms with E-state index in [1.165, 1.54) is 0 Å². The van der Waals surface area contributed by atoms with Gasteiger partial charge in [0, 0.05) is 5.92 Å². The first-order chi connectivity index (χ1) is 9.76. The predicted molar refractivity (Wildman–Crippen MR) is 82.9 cm³/mol. The van der Waals surface area contributed by atoms with Crippen LogP contribution in [0.2, 0.25) is 0 Å². The summed E-state index contributed by atoms with van der Waals surface area (Å²) in [4.78, 5) is 0. The van der Waals surface area contributed by atoms with Gasteiger partial charge in [-0.25, -0.2) is 0 Å². The summed E-state index contributed by atoms with van der Waals surface area (Å²) in [6, 6.07) is 0. The molecule has 1 atom stereocenters. The second-order valence-corrected chi connectivity index (χ2v) is 8.19. The SMILES string of the molecule is CC#CC(CCCCP(=O)(OCC)OCC)CS(=O)(=O)O. The monoisotopic (exact) mass is 340 g/mol.